The number of nitrogens with one attached hydrogen (secondary N) is 1. The van der Waals surface area contributed by atoms with E-state index in [1.54, 1.807) is 24.7 Å². The first-order chi connectivity index (χ1) is 11.3. The Balaban J connectivity index is 2.38. The first kappa shape index (κ1) is 18.7. The maximum absolute atomic E-state index is 13.4. The first-order valence-corrected chi connectivity index (χ1v) is 8.68. The summed E-state index contributed by atoms with van der Waals surface area (Å²) in [5.74, 6) is -0.760. The Morgan fingerprint density at radius 1 is 1.21 bits per heavy atom. The molecule has 1 saturated carbocycles. The number of halogens is 1. The van der Waals surface area contributed by atoms with Crippen molar-refractivity contribution in [3.05, 3.63) is 34.9 Å². The molecule has 0 aliphatic heterocycles. The highest BCUT2D eigenvalue weighted by Crippen LogP contribution is 2.43. The molecule has 6 heteroatoms. The Labute approximate surface area is 147 Å². The van der Waals surface area contributed by atoms with Crippen molar-refractivity contribution < 1.29 is 14.8 Å². The van der Waals surface area contributed by atoms with Gasteiger partial charge in [0.2, 0.25) is 5.91 Å². The summed E-state index contributed by atoms with van der Waals surface area (Å²) in [4.78, 5) is 26.9. The maximum Gasteiger partial charge on any atom is 0.266 e. The number of hydrogen-bond donors (Lipinski definition) is 2. The minimum atomic E-state index is -0.715. The first-order valence-electron chi connectivity index (χ1n) is 8.31. The van der Waals surface area contributed by atoms with Crippen molar-refractivity contribution in [1.82, 2.24) is 10.4 Å². The third kappa shape index (κ3) is 3.42. The van der Waals surface area contributed by atoms with Gasteiger partial charge in [-0.15, -0.1) is 0 Å². The molecule has 0 heterocycles. The highest BCUT2D eigenvalue weighted by atomic mass is 35.5. The maximum atomic E-state index is 13.4. The van der Waals surface area contributed by atoms with Crippen molar-refractivity contribution in [3.8, 4) is 0 Å². The Bertz CT molecular complexity index is 595. The molecule has 0 aromatic heterocycles. The van der Waals surface area contributed by atoms with Crippen molar-refractivity contribution in [1.29, 1.82) is 0 Å². The number of hydrogen-bond acceptors (Lipinski definition) is 3. The van der Waals surface area contributed by atoms with Gasteiger partial charge in [-0.3, -0.25) is 14.8 Å². The Morgan fingerprint density at radius 3 is 2.21 bits per heavy atom. The van der Waals surface area contributed by atoms with E-state index in [1.165, 1.54) is 4.90 Å². The van der Waals surface area contributed by atoms with E-state index in [2.05, 4.69) is 0 Å². The summed E-state index contributed by atoms with van der Waals surface area (Å²) in [7, 11) is 1.64. The molecule has 24 heavy (non-hydrogen) atoms. The van der Waals surface area contributed by atoms with Crippen LogP contribution in [0.15, 0.2) is 24.3 Å². The Kier molecular flexibility index (Phi) is 5.88. The molecule has 2 amide bonds. The number of rotatable bonds is 5. The molecule has 1 atom stereocenters. The van der Waals surface area contributed by atoms with Gasteiger partial charge in [-0.1, -0.05) is 50.4 Å². The molecular formula is C18H25ClN2O3. The number of carbonyl (C=O) groups is 2. The van der Waals surface area contributed by atoms with Crippen molar-refractivity contribution in [3.63, 3.8) is 0 Å². The molecule has 1 aliphatic carbocycles. The van der Waals surface area contributed by atoms with Gasteiger partial charge in [-0.25, -0.2) is 5.48 Å². The second kappa shape index (κ2) is 7.53. The molecule has 0 spiro atoms. The SMILES string of the molecule is CC(C)C(C(=O)NO)N(C)C(=O)C1(c2ccc(Cl)cc2)CCCC1. The van der Waals surface area contributed by atoms with E-state index in [-0.39, 0.29) is 11.8 Å². The normalized spacial score (nSPS) is 17.6. The van der Waals surface area contributed by atoms with E-state index in [9.17, 15) is 9.59 Å². The molecule has 0 saturated heterocycles. The lowest BCUT2D eigenvalue weighted by Crippen LogP contribution is -2.54. The minimum Gasteiger partial charge on any atom is -0.333 e. The Hall–Kier alpha value is -1.59. The molecule has 1 aromatic carbocycles. The zero-order valence-corrected chi connectivity index (χ0v) is 15.1. The number of hydroxylamine groups is 1. The predicted octanol–water partition coefficient (Wildman–Crippen LogP) is 3.14. The van der Waals surface area contributed by atoms with Gasteiger partial charge in [-0.2, -0.15) is 0 Å². The van der Waals surface area contributed by atoms with Crippen LogP contribution in [-0.4, -0.2) is 35.0 Å². The fourth-order valence-corrected chi connectivity index (χ4v) is 3.96. The predicted molar refractivity (Wildman–Crippen MR) is 92.9 cm³/mol. The van der Waals surface area contributed by atoms with Crippen LogP contribution in [0.4, 0.5) is 0 Å². The van der Waals surface area contributed by atoms with Crippen LogP contribution in [0.2, 0.25) is 5.02 Å². The van der Waals surface area contributed by atoms with Crippen molar-refractivity contribution in [2.45, 2.75) is 51.0 Å². The molecule has 0 bridgehead atoms. The number of likely N-dealkylation sites (N-methyl/N-ethyl adjacent to an activating group) is 1. The fraction of sp³-hybridized carbons (Fsp3) is 0.556. The van der Waals surface area contributed by atoms with E-state index in [0.717, 1.165) is 31.2 Å². The molecule has 1 fully saturated rings. The topological polar surface area (TPSA) is 69.6 Å². The standard InChI is InChI=1S/C18H25ClN2O3/c1-12(2)15(16(22)20-24)21(3)17(23)18(10-4-5-11-18)13-6-8-14(19)9-7-13/h6-9,12,15,24H,4-5,10-11H2,1-3H3,(H,20,22). The lowest BCUT2D eigenvalue weighted by molar-refractivity contribution is -0.148. The van der Waals surface area contributed by atoms with Gasteiger partial charge in [-0.05, 0) is 36.5 Å². The number of carbonyl (C=O) groups excluding carboxylic acids is 2. The summed E-state index contributed by atoms with van der Waals surface area (Å²) in [6.07, 6.45) is 3.45. The van der Waals surface area contributed by atoms with Crippen LogP contribution in [0.5, 0.6) is 0 Å². The summed E-state index contributed by atoms with van der Waals surface area (Å²) >= 11 is 5.98. The molecule has 1 unspecified atom stereocenters. The number of amides is 2. The van der Waals surface area contributed by atoms with E-state index < -0.39 is 17.4 Å². The molecule has 5 nitrogen and oxygen atoms in total. The van der Waals surface area contributed by atoms with Gasteiger partial charge in [0.25, 0.3) is 5.91 Å². The van der Waals surface area contributed by atoms with Gasteiger partial charge in [0.15, 0.2) is 0 Å². The number of benzene rings is 1. The van der Waals surface area contributed by atoms with E-state index in [1.807, 2.05) is 26.0 Å². The third-order valence-electron chi connectivity index (χ3n) is 5.01. The minimum absolute atomic E-state index is 0.0791. The molecule has 2 rings (SSSR count). The van der Waals surface area contributed by atoms with Crippen molar-refractivity contribution >= 4 is 23.4 Å². The average molecular weight is 353 g/mol. The second-order valence-electron chi connectivity index (χ2n) is 6.88. The molecular weight excluding hydrogens is 328 g/mol. The summed E-state index contributed by atoms with van der Waals surface area (Å²) in [6.45, 7) is 3.71. The van der Waals surface area contributed by atoms with Gasteiger partial charge in [0.05, 0.1) is 5.41 Å². The smallest absolute Gasteiger partial charge is 0.266 e. The van der Waals surface area contributed by atoms with Crippen LogP contribution in [-0.2, 0) is 15.0 Å². The number of nitrogens with zero attached hydrogens (tertiary/aromatic N) is 1. The summed E-state index contributed by atoms with van der Waals surface area (Å²) < 4.78 is 0. The van der Waals surface area contributed by atoms with Crippen molar-refractivity contribution in [2.24, 2.45) is 5.92 Å². The van der Waals surface area contributed by atoms with Crippen LogP contribution < -0.4 is 5.48 Å². The van der Waals surface area contributed by atoms with Crippen molar-refractivity contribution in [2.75, 3.05) is 7.05 Å². The lowest BCUT2D eigenvalue weighted by Gasteiger charge is -2.37. The van der Waals surface area contributed by atoms with E-state index >= 15 is 0 Å². The second-order valence-corrected chi connectivity index (χ2v) is 7.31. The van der Waals surface area contributed by atoms with Crippen LogP contribution in [0.25, 0.3) is 0 Å². The largest absolute Gasteiger partial charge is 0.333 e. The molecule has 132 valence electrons. The summed E-state index contributed by atoms with van der Waals surface area (Å²) in [5, 5.41) is 9.64. The monoisotopic (exact) mass is 352 g/mol. The van der Waals surface area contributed by atoms with Gasteiger partial charge in [0, 0.05) is 12.1 Å². The quantitative estimate of drug-likeness (QED) is 0.631. The molecule has 2 N–H and O–H groups in total. The average Bonchev–Trinajstić information content (AvgIpc) is 3.05. The van der Waals surface area contributed by atoms with Gasteiger partial charge < -0.3 is 4.90 Å². The lowest BCUT2D eigenvalue weighted by atomic mass is 9.77. The summed E-state index contributed by atoms with van der Waals surface area (Å²) in [5.41, 5.74) is 2.00. The molecule has 1 aromatic rings. The zero-order chi connectivity index (χ0) is 17.9. The Morgan fingerprint density at radius 2 is 1.75 bits per heavy atom. The highest BCUT2D eigenvalue weighted by molar-refractivity contribution is 6.30. The zero-order valence-electron chi connectivity index (χ0n) is 14.4. The van der Waals surface area contributed by atoms with Gasteiger partial charge >= 0.3 is 0 Å². The van der Waals surface area contributed by atoms with Gasteiger partial charge in [0.1, 0.15) is 6.04 Å². The van der Waals surface area contributed by atoms with Crippen LogP contribution >= 0.6 is 11.6 Å². The van der Waals surface area contributed by atoms with E-state index in [4.69, 9.17) is 16.8 Å². The van der Waals surface area contributed by atoms with E-state index in [0.29, 0.717) is 5.02 Å². The highest BCUT2D eigenvalue weighted by Gasteiger charge is 2.46. The van der Waals surface area contributed by atoms with Crippen LogP contribution in [0.1, 0.15) is 45.1 Å². The molecule has 0 radical (unpaired) electrons. The molecule has 1 aliphatic rings. The van der Waals surface area contributed by atoms with Crippen LogP contribution in [0, 0.1) is 5.92 Å². The third-order valence-corrected chi connectivity index (χ3v) is 5.26. The fourth-order valence-electron chi connectivity index (χ4n) is 3.83. The summed E-state index contributed by atoms with van der Waals surface area (Å²) in [6, 6.07) is 6.67. The van der Waals surface area contributed by atoms with Crippen LogP contribution in [0.3, 0.4) is 0 Å².